The van der Waals surface area contributed by atoms with Crippen molar-refractivity contribution >= 4 is 29.1 Å². The minimum absolute atomic E-state index is 0.112. The minimum atomic E-state index is 0.112. The van der Waals surface area contributed by atoms with E-state index in [2.05, 4.69) is 15.1 Å². The summed E-state index contributed by atoms with van der Waals surface area (Å²) in [6, 6.07) is 9.78. The van der Waals surface area contributed by atoms with Crippen molar-refractivity contribution in [3.05, 3.63) is 47.3 Å². The molecule has 0 aliphatic carbocycles. The number of amides is 1. The molecule has 0 N–H and O–H groups in total. The smallest absolute Gasteiger partial charge is 0.253 e. The normalized spacial score (nSPS) is 11.1. The summed E-state index contributed by atoms with van der Waals surface area (Å²) in [6.45, 7) is 6.62. The molecule has 0 spiro atoms. The first-order valence-electron chi connectivity index (χ1n) is 8.67. The molecule has 7 heteroatoms. The summed E-state index contributed by atoms with van der Waals surface area (Å²) in [6.07, 6.45) is 3.01. The summed E-state index contributed by atoms with van der Waals surface area (Å²) < 4.78 is 1.77. The fraction of sp³-hybridized carbons (Fsp3) is 0.368. The van der Waals surface area contributed by atoms with E-state index in [9.17, 15) is 4.79 Å². The Morgan fingerprint density at radius 3 is 2.58 bits per heavy atom. The van der Waals surface area contributed by atoms with Gasteiger partial charge in [0.2, 0.25) is 11.1 Å². The van der Waals surface area contributed by atoms with Crippen LogP contribution in [0, 0.1) is 13.8 Å². The molecule has 0 radical (unpaired) electrons. The van der Waals surface area contributed by atoms with Crippen molar-refractivity contribution in [2.24, 2.45) is 0 Å². The zero-order valence-electron chi connectivity index (χ0n) is 15.6. The second-order valence-corrected chi connectivity index (χ2v) is 6.82. The van der Waals surface area contributed by atoms with Gasteiger partial charge in [0, 0.05) is 30.0 Å². The summed E-state index contributed by atoms with van der Waals surface area (Å²) in [5.41, 5.74) is 3.90. The average molecular weight is 369 g/mol. The maximum Gasteiger partial charge on any atom is 0.253 e. The van der Waals surface area contributed by atoms with Crippen LogP contribution in [0.2, 0.25) is 0 Å². The highest BCUT2D eigenvalue weighted by Gasteiger charge is 2.17. The van der Waals surface area contributed by atoms with E-state index in [0.717, 1.165) is 22.6 Å². The number of carbonyl (C=O) groups is 1. The molecule has 0 fully saturated rings. The van der Waals surface area contributed by atoms with E-state index in [1.165, 1.54) is 11.8 Å². The van der Waals surface area contributed by atoms with Gasteiger partial charge in [0.05, 0.1) is 0 Å². The van der Waals surface area contributed by atoms with Gasteiger partial charge in [-0.25, -0.2) is 9.50 Å². The van der Waals surface area contributed by atoms with Crippen LogP contribution in [0.3, 0.4) is 0 Å². The zero-order chi connectivity index (χ0) is 18.7. The van der Waals surface area contributed by atoms with E-state index < -0.39 is 0 Å². The summed E-state index contributed by atoms with van der Waals surface area (Å²) in [5.74, 6) is 0.722. The Bertz CT molecular complexity index is 923. The lowest BCUT2D eigenvalue weighted by Crippen LogP contribution is -2.30. The van der Waals surface area contributed by atoms with Gasteiger partial charge in [-0.05, 0) is 51.1 Å². The fourth-order valence-electron chi connectivity index (χ4n) is 3.12. The van der Waals surface area contributed by atoms with Gasteiger partial charge >= 0.3 is 0 Å². The van der Waals surface area contributed by atoms with Crippen LogP contribution in [0.1, 0.15) is 30.3 Å². The van der Waals surface area contributed by atoms with E-state index in [4.69, 9.17) is 0 Å². The summed E-state index contributed by atoms with van der Waals surface area (Å²) >= 11 is 1.49. The lowest BCUT2D eigenvalue weighted by molar-refractivity contribution is -0.118. The Hall–Kier alpha value is -2.41. The molecule has 0 atom stereocenters. The molecule has 1 amide bonds. The van der Waals surface area contributed by atoms with Gasteiger partial charge < -0.3 is 4.90 Å². The summed E-state index contributed by atoms with van der Waals surface area (Å²) in [4.78, 5) is 23.5. The third kappa shape index (κ3) is 3.58. The summed E-state index contributed by atoms with van der Waals surface area (Å²) in [5, 5.41) is 5.17. The maximum absolute atomic E-state index is 12.8. The van der Waals surface area contributed by atoms with Gasteiger partial charge in [-0.1, -0.05) is 30.0 Å². The van der Waals surface area contributed by atoms with Crippen LogP contribution in [-0.2, 0) is 11.2 Å². The number of hydrogen-bond donors (Lipinski definition) is 0. The molecule has 3 aromatic rings. The van der Waals surface area contributed by atoms with E-state index in [1.54, 1.807) is 4.52 Å². The first-order chi connectivity index (χ1) is 12.5. The highest BCUT2D eigenvalue weighted by atomic mass is 32.2. The Morgan fingerprint density at radius 1 is 1.19 bits per heavy atom. The number of para-hydroxylation sites is 1. The molecule has 26 heavy (non-hydrogen) atoms. The third-order valence-electron chi connectivity index (χ3n) is 4.49. The largest absolute Gasteiger partial charge is 0.313 e. The van der Waals surface area contributed by atoms with Gasteiger partial charge in [-0.3, -0.25) is 4.79 Å². The number of aromatic nitrogens is 4. The van der Waals surface area contributed by atoms with E-state index in [-0.39, 0.29) is 5.91 Å². The van der Waals surface area contributed by atoms with Crippen molar-refractivity contribution in [1.29, 1.82) is 0 Å². The van der Waals surface area contributed by atoms with Crippen LogP contribution in [0.25, 0.3) is 5.78 Å². The van der Waals surface area contributed by atoms with Crippen molar-refractivity contribution in [2.75, 3.05) is 17.7 Å². The lowest BCUT2D eigenvalue weighted by Gasteiger charge is -2.21. The molecule has 0 aliphatic heterocycles. The van der Waals surface area contributed by atoms with Crippen LogP contribution in [0.4, 0.5) is 5.69 Å². The number of benzene rings is 1. The third-order valence-corrected chi connectivity index (χ3v) is 5.02. The van der Waals surface area contributed by atoms with Crippen LogP contribution < -0.4 is 4.90 Å². The lowest BCUT2D eigenvalue weighted by atomic mass is 10.1. The molecule has 1 aromatic carbocycles. The average Bonchev–Trinajstić information content (AvgIpc) is 3.06. The predicted octanol–water partition coefficient (Wildman–Crippen LogP) is 3.45. The molecular formula is C19H23N5OS. The van der Waals surface area contributed by atoms with Crippen LogP contribution in [0.5, 0.6) is 0 Å². The van der Waals surface area contributed by atoms with Crippen molar-refractivity contribution in [2.45, 2.75) is 38.8 Å². The summed E-state index contributed by atoms with van der Waals surface area (Å²) in [7, 11) is 0. The van der Waals surface area contributed by atoms with Crippen LogP contribution in [0.15, 0.2) is 35.5 Å². The number of carbonyl (C=O) groups excluding carboxylic acids is 1. The minimum Gasteiger partial charge on any atom is -0.313 e. The van der Waals surface area contributed by atoms with Gasteiger partial charge in [-0.2, -0.15) is 4.98 Å². The molecule has 0 bridgehead atoms. The number of anilines is 1. The molecular weight excluding hydrogens is 346 g/mol. The number of aryl methyl sites for hydroxylation is 2. The molecule has 3 rings (SSSR count). The van der Waals surface area contributed by atoms with Crippen molar-refractivity contribution in [3.8, 4) is 0 Å². The van der Waals surface area contributed by atoms with Crippen LogP contribution >= 0.6 is 11.8 Å². The first-order valence-corrected chi connectivity index (χ1v) is 9.89. The molecule has 6 nitrogen and oxygen atoms in total. The molecule has 136 valence electrons. The van der Waals surface area contributed by atoms with Gasteiger partial charge in [0.25, 0.3) is 5.78 Å². The van der Waals surface area contributed by atoms with Gasteiger partial charge in [0.15, 0.2) is 0 Å². The molecule has 0 unspecified atom stereocenters. The fourth-order valence-corrected chi connectivity index (χ4v) is 3.45. The van der Waals surface area contributed by atoms with Crippen molar-refractivity contribution in [3.63, 3.8) is 0 Å². The van der Waals surface area contributed by atoms with Gasteiger partial charge in [0.1, 0.15) is 0 Å². The highest BCUT2D eigenvalue weighted by molar-refractivity contribution is 7.98. The number of nitrogens with zero attached hydrogens (tertiary/aromatic N) is 5. The monoisotopic (exact) mass is 369 g/mol. The van der Waals surface area contributed by atoms with E-state index in [0.29, 0.717) is 30.3 Å². The standard InChI is InChI=1S/C19H23N5OS/c1-5-23(15-9-7-6-8-10-15)17(25)12-11-16-13(2)20-18-21-19(26-4)22-24(18)14(16)3/h6-10H,5,11-12H2,1-4H3. The number of rotatable bonds is 6. The molecule has 2 aromatic heterocycles. The quantitative estimate of drug-likeness (QED) is 0.623. The van der Waals surface area contributed by atoms with Gasteiger partial charge in [-0.15, -0.1) is 5.10 Å². The van der Waals surface area contributed by atoms with Crippen molar-refractivity contribution < 1.29 is 4.79 Å². The SMILES string of the molecule is CCN(C(=O)CCc1c(C)nc2nc(SC)nn2c1C)c1ccccc1. The maximum atomic E-state index is 12.8. The van der Waals surface area contributed by atoms with E-state index in [1.807, 2.05) is 62.3 Å². The first kappa shape index (κ1) is 18.4. The Morgan fingerprint density at radius 2 is 1.92 bits per heavy atom. The number of thioether (sulfide) groups is 1. The zero-order valence-corrected chi connectivity index (χ0v) is 16.4. The molecule has 0 saturated carbocycles. The second kappa shape index (κ2) is 7.86. The number of hydrogen-bond acceptors (Lipinski definition) is 5. The Balaban J connectivity index is 1.81. The number of fused-ring (bicyclic) bond motifs is 1. The molecule has 0 saturated heterocycles. The van der Waals surface area contributed by atoms with Crippen molar-refractivity contribution in [1.82, 2.24) is 19.6 Å². The Labute approximate surface area is 157 Å². The van der Waals surface area contributed by atoms with Crippen LogP contribution in [-0.4, -0.2) is 38.3 Å². The molecule has 2 heterocycles. The Kier molecular flexibility index (Phi) is 5.56. The predicted molar refractivity (Wildman–Crippen MR) is 105 cm³/mol. The second-order valence-electron chi connectivity index (χ2n) is 6.05. The topological polar surface area (TPSA) is 63.4 Å². The molecule has 0 aliphatic rings. The highest BCUT2D eigenvalue weighted by Crippen LogP contribution is 2.20. The van der Waals surface area contributed by atoms with E-state index >= 15 is 0 Å².